The molecule has 0 N–H and O–H groups in total. The number of piperidine rings is 1. The van der Waals surface area contributed by atoms with Crippen LogP contribution in [0, 0.1) is 13.8 Å². The highest BCUT2D eigenvalue weighted by molar-refractivity contribution is 5.96. The Kier molecular flexibility index (Phi) is 8.15. The number of piperazine rings is 1. The van der Waals surface area contributed by atoms with Gasteiger partial charge >= 0.3 is 0 Å². The molecule has 2 aliphatic rings. The van der Waals surface area contributed by atoms with E-state index in [9.17, 15) is 9.59 Å². The molecule has 214 valence electrons. The van der Waals surface area contributed by atoms with Gasteiger partial charge in [-0.15, -0.1) is 0 Å². The Bertz CT molecular complexity index is 1500. The van der Waals surface area contributed by atoms with Crippen molar-refractivity contribution >= 4 is 11.8 Å². The molecule has 6 rings (SSSR count). The van der Waals surface area contributed by atoms with Crippen molar-refractivity contribution in [3.8, 4) is 22.5 Å². The van der Waals surface area contributed by atoms with Crippen LogP contribution >= 0.6 is 0 Å². The van der Waals surface area contributed by atoms with E-state index in [2.05, 4.69) is 18.7 Å². The quantitative estimate of drug-likeness (QED) is 0.297. The highest BCUT2D eigenvalue weighted by atomic mass is 16.2. The second kappa shape index (κ2) is 12.3. The molecule has 2 amide bonds. The van der Waals surface area contributed by atoms with Crippen LogP contribution in [0.3, 0.4) is 0 Å². The third-order valence-electron chi connectivity index (χ3n) is 8.83. The van der Waals surface area contributed by atoms with Crippen LogP contribution in [0.15, 0.2) is 91.0 Å². The predicted octanol–water partition coefficient (Wildman–Crippen LogP) is 6.10. The van der Waals surface area contributed by atoms with Gasteiger partial charge in [-0.3, -0.25) is 14.5 Å². The maximum Gasteiger partial charge on any atom is 0.254 e. The number of nitrogens with zero attached hydrogens (tertiary/aromatic N) is 4. The molecule has 0 aliphatic carbocycles. The Morgan fingerprint density at radius 3 is 1.67 bits per heavy atom. The normalized spacial score (nSPS) is 16.4. The SMILES string of the molecule is Cc1ccc(C(=O)N2CCC(N3CCN(C(=O)c4cc(-c5ccccc5)nc(-c5ccccc5)c4)CC3)CC2)cc1C. The summed E-state index contributed by atoms with van der Waals surface area (Å²) < 4.78 is 0. The lowest BCUT2D eigenvalue weighted by molar-refractivity contribution is 0.0412. The van der Waals surface area contributed by atoms with E-state index in [1.165, 1.54) is 5.56 Å². The predicted molar refractivity (Wildman–Crippen MR) is 167 cm³/mol. The van der Waals surface area contributed by atoms with E-state index in [1.807, 2.05) is 101 Å². The summed E-state index contributed by atoms with van der Waals surface area (Å²) in [5, 5.41) is 0. The molecule has 0 atom stereocenters. The standard InChI is InChI=1S/C36H38N4O2/c1-26-13-14-30(23-27(26)2)35(41)39-17-15-32(16-18-39)38-19-21-40(22-20-38)36(42)31-24-33(28-9-5-3-6-10-28)37-34(25-31)29-11-7-4-8-12-29/h3-14,23-25,32H,15-22H2,1-2H3. The van der Waals surface area contributed by atoms with E-state index < -0.39 is 0 Å². The Balaban J connectivity index is 1.10. The Hall–Kier alpha value is -4.29. The maximum atomic E-state index is 13.8. The molecule has 3 aromatic carbocycles. The fourth-order valence-electron chi connectivity index (χ4n) is 6.13. The Morgan fingerprint density at radius 2 is 1.12 bits per heavy atom. The molecule has 4 aromatic rings. The van der Waals surface area contributed by atoms with Crippen molar-refractivity contribution in [2.75, 3.05) is 39.3 Å². The fraction of sp³-hybridized carbons (Fsp3) is 0.306. The van der Waals surface area contributed by atoms with E-state index in [0.29, 0.717) is 24.7 Å². The molecule has 0 bridgehead atoms. The zero-order valence-electron chi connectivity index (χ0n) is 24.5. The van der Waals surface area contributed by atoms with Gasteiger partial charge in [0.1, 0.15) is 0 Å². The van der Waals surface area contributed by atoms with Crippen molar-refractivity contribution in [3.05, 3.63) is 113 Å². The fourth-order valence-corrected chi connectivity index (χ4v) is 6.13. The van der Waals surface area contributed by atoms with Crippen molar-refractivity contribution in [2.24, 2.45) is 0 Å². The Morgan fingerprint density at radius 1 is 0.595 bits per heavy atom. The molecule has 1 aromatic heterocycles. The number of pyridine rings is 1. The number of rotatable bonds is 5. The monoisotopic (exact) mass is 558 g/mol. The lowest BCUT2D eigenvalue weighted by Crippen LogP contribution is -2.54. The summed E-state index contributed by atoms with van der Waals surface area (Å²) in [4.78, 5) is 38.3. The van der Waals surface area contributed by atoms with Crippen LogP contribution < -0.4 is 0 Å². The molecular weight excluding hydrogens is 520 g/mol. The van der Waals surface area contributed by atoms with Gasteiger partial charge in [-0.05, 0) is 62.1 Å². The van der Waals surface area contributed by atoms with Crippen LogP contribution in [0.4, 0.5) is 0 Å². The molecule has 2 aliphatic heterocycles. The third kappa shape index (κ3) is 6.00. The number of amides is 2. The van der Waals surface area contributed by atoms with Crippen molar-refractivity contribution in [3.63, 3.8) is 0 Å². The first-order valence-corrected chi connectivity index (χ1v) is 15.0. The highest BCUT2D eigenvalue weighted by Crippen LogP contribution is 2.27. The number of aromatic nitrogens is 1. The average molecular weight is 559 g/mol. The molecule has 0 saturated carbocycles. The van der Waals surface area contributed by atoms with E-state index in [4.69, 9.17) is 4.98 Å². The number of carbonyl (C=O) groups is 2. The minimum Gasteiger partial charge on any atom is -0.339 e. The first-order valence-electron chi connectivity index (χ1n) is 15.0. The lowest BCUT2D eigenvalue weighted by atomic mass is 10.00. The minimum atomic E-state index is 0.0558. The zero-order valence-corrected chi connectivity index (χ0v) is 24.5. The van der Waals surface area contributed by atoms with Gasteiger partial charge in [0.2, 0.25) is 0 Å². The van der Waals surface area contributed by atoms with Crippen molar-refractivity contribution in [2.45, 2.75) is 32.7 Å². The van der Waals surface area contributed by atoms with Crippen LogP contribution in [-0.4, -0.2) is 76.8 Å². The molecule has 0 radical (unpaired) electrons. The van der Waals surface area contributed by atoms with Crippen molar-refractivity contribution < 1.29 is 9.59 Å². The summed E-state index contributed by atoms with van der Waals surface area (Å²) >= 11 is 0. The summed E-state index contributed by atoms with van der Waals surface area (Å²) in [5.74, 6) is 0.189. The first-order chi connectivity index (χ1) is 20.5. The van der Waals surface area contributed by atoms with Gasteiger partial charge in [-0.25, -0.2) is 4.98 Å². The minimum absolute atomic E-state index is 0.0558. The summed E-state index contributed by atoms with van der Waals surface area (Å²) in [7, 11) is 0. The molecule has 42 heavy (non-hydrogen) atoms. The Labute approximate surface area is 248 Å². The largest absolute Gasteiger partial charge is 0.339 e. The third-order valence-corrected chi connectivity index (χ3v) is 8.83. The number of hydrogen-bond acceptors (Lipinski definition) is 4. The van der Waals surface area contributed by atoms with E-state index in [-0.39, 0.29) is 11.8 Å². The summed E-state index contributed by atoms with van der Waals surface area (Å²) in [6, 6.07) is 30.4. The lowest BCUT2D eigenvalue weighted by Gasteiger charge is -2.42. The number of likely N-dealkylation sites (tertiary alicyclic amines) is 1. The van der Waals surface area contributed by atoms with Gasteiger partial charge in [-0.1, -0.05) is 66.7 Å². The van der Waals surface area contributed by atoms with Gasteiger partial charge in [0.25, 0.3) is 11.8 Å². The van der Waals surface area contributed by atoms with Crippen LogP contribution in [0.25, 0.3) is 22.5 Å². The highest BCUT2D eigenvalue weighted by Gasteiger charge is 2.31. The second-order valence-corrected chi connectivity index (χ2v) is 11.5. The summed E-state index contributed by atoms with van der Waals surface area (Å²) in [5.41, 5.74) is 7.43. The number of benzene rings is 3. The molecule has 2 saturated heterocycles. The van der Waals surface area contributed by atoms with Gasteiger partial charge in [0.15, 0.2) is 0 Å². The number of hydrogen-bond donors (Lipinski definition) is 0. The molecule has 0 unspecified atom stereocenters. The molecular formula is C36H38N4O2. The number of aryl methyl sites for hydroxylation is 2. The van der Waals surface area contributed by atoms with Crippen LogP contribution in [0.2, 0.25) is 0 Å². The summed E-state index contributed by atoms with van der Waals surface area (Å²) in [6.45, 7) is 8.78. The summed E-state index contributed by atoms with van der Waals surface area (Å²) in [6.07, 6.45) is 1.94. The maximum absolute atomic E-state index is 13.8. The van der Waals surface area contributed by atoms with E-state index in [0.717, 1.165) is 72.7 Å². The zero-order chi connectivity index (χ0) is 29.1. The topological polar surface area (TPSA) is 56.8 Å². The smallest absolute Gasteiger partial charge is 0.254 e. The molecule has 3 heterocycles. The van der Waals surface area contributed by atoms with E-state index >= 15 is 0 Å². The first kappa shape index (κ1) is 27.9. The van der Waals surface area contributed by atoms with Gasteiger partial charge in [-0.2, -0.15) is 0 Å². The molecule has 2 fully saturated rings. The van der Waals surface area contributed by atoms with Crippen LogP contribution in [0.5, 0.6) is 0 Å². The van der Waals surface area contributed by atoms with Gasteiger partial charge < -0.3 is 9.80 Å². The van der Waals surface area contributed by atoms with E-state index in [1.54, 1.807) is 0 Å². The van der Waals surface area contributed by atoms with Crippen LogP contribution in [-0.2, 0) is 0 Å². The molecule has 6 nitrogen and oxygen atoms in total. The van der Waals surface area contributed by atoms with Crippen molar-refractivity contribution in [1.82, 2.24) is 19.7 Å². The van der Waals surface area contributed by atoms with Gasteiger partial charge in [0, 0.05) is 67.6 Å². The molecule has 0 spiro atoms. The number of carbonyl (C=O) groups excluding carboxylic acids is 2. The molecule has 6 heteroatoms. The van der Waals surface area contributed by atoms with Crippen LogP contribution in [0.1, 0.15) is 44.7 Å². The van der Waals surface area contributed by atoms with Gasteiger partial charge in [0.05, 0.1) is 11.4 Å². The van der Waals surface area contributed by atoms with Crippen molar-refractivity contribution in [1.29, 1.82) is 0 Å². The second-order valence-electron chi connectivity index (χ2n) is 11.5. The average Bonchev–Trinajstić information content (AvgIpc) is 3.06.